The molecule has 0 aliphatic carbocycles. The Labute approximate surface area is 110 Å². The minimum absolute atomic E-state index is 0.00286. The molecule has 1 heterocycles. The van der Waals surface area contributed by atoms with Crippen molar-refractivity contribution in [3.05, 3.63) is 40.6 Å². The Hall–Kier alpha value is -2.61. The molecule has 2 aromatic rings. The van der Waals surface area contributed by atoms with Crippen LogP contribution in [0.25, 0.3) is 11.3 Å². The van der Waals surface area contributed by atoms with Crippen molar-refractivity contribution in [3.63, 3.8) is 0 Å². The van der Waals surface area contributed by atoms with E-state index in [4.69, 9.17) is 10.4 Å². The smallest absolute Gasteiger partial charge is 0.356 e. The van der Waals surface area contributed by atoms with Crippen molar-refractivity contribution in [3.8, 4) is 17.3 Å². The van der Waals surface area contributed by atoms with E-state index in [0.29, 0.717) is 11.3 Å². The van der Waals surface area contributed by atoms with Gasteiger partial charge in [-0.15, -0.1) is 0 Å². The monoisotopic (exact) mass is 255 g/mol. The maximum atomic E-state index is 10.9. The lowest BCUT2D eigenvalue weighted by atomic mass is 9.97. The third-order valence-corrected chi connectivity index (χ3v) is 3.17. The zero-order valence-corrected chi connectivity index (χ0v) is 10.9. The second kappa shape index (κ2) is 4.58. The molecule has 19 heavy (non-hydrogen) atoms. The third kappa shape index (κ3) is 2.20. The van der Waals surface area contributed by atoms with E-state index in [0.717, 1.165) is 16.7 Å². The zero-order valence-electron chi connectivity index (χ0n) is 10.9. The Bertz CT molecular complexity index is 708. The standard InChI is InChI=1S/C14H13N3O2/c1-8-4-10(7-15)5-11(9(8)2)13-6-12(14(18)19)16-17(13)3/h4-6H,1-3H3,(H,18,19). The van der Waals surface area contributed by atoms with E-state index in [-0.39, 0.29) is 5.69 Å². The van der Waals surface area contributed by atoms with Gasteiger partial charge in [0, 0.05) is 12.6 Å². The van der Waals surface area contributed by atoms with Gasteiger partial charge in [-0.3, -0.25) is 4.68 Å². The minimum atomic E-state index is -1.06. The van der Waals surface area contributed by atoms with E-state index in [1.165, 1.54) is 10.7 Å². The van der Waals surface area contributed by atoms with Crippen LogP contribution in [0.1, 0.15) is 27.2 Å². The van der Waals surface area contributed by atoms with Crippen molar-refractivity contribution in [1.82, 2.24) is 9.78 Å². The zero-order chi connectivity index (χ0) is 14.2. The van der Waals surface area contributed by atoms with Crippen molar-refractivity contribution >= 4 is 5.97 Å². The highest BCUT2D eigenvalue weighted by molar-refractivity contribution is 5.87. The SMILES string of the molecule is Cc1cc(C#N)cc(-c2cc(C(=O)O)nn2C)c1C. The van der Waals surface area contributed by atoms with Crippen LogP contribution >= 0.6 is 0 Å². The van der Waals surface area contributed by atoms with E-state index in [1.54, 1.807) is 13.1 Å². The Kier molecular flexibility index (Phi) is 3.09. The maximum Gasteiger partial charge on any atom is 0.356 e. The van der Waals surface area contributed by atoms with E-state index in [9.17, 15) is 4.79 Å². The lowest BCUT2D eigenvalue weighted by Gasteiger charge is -2.09. The fourth-order valence-electron chi connectivity index (χ4n) is 2.01. The summed E-state index contributed by atoms with van der Waals surface area (Å²) < 4.78 is 1.52. The molecular weight excluding hydrogens is 242 g/mol. The van der Waals surface area contributed by atoms with Gasteiger partial charge in [0.05, 0.1) is 17.3 Å². The van der Waals surface area contributed by atoms with Crippen LogP contribution in [0, 0.1) is 25.2 Å². The van der Waals surface area contributed by atoms with Gasteiger partial charge in [-0.05, 0) is 43.2 Å². The maximum absolute atomic E-state index is 10.9. The number of aromatic nitrogens is 2. The van der Waals surface area contributed by atoms with Gasteiger partial charge >= 0.3 is 5.97 Å². The molecule has 1 aromatic heterocycles. The molecule has 2 rings (SSSR count). The number of aryl methyl sites for hydroxylation is 2. The second-order valence-corrected chi connectivity index (χ2v) is 4.42. The van der Waals surface area contributed by atoms with Gasteiger partial charge in [-0.1, -0.05) is 0 Å². The Morgan fingerprint density at radius 2 is 2.05 bits per heavy atom. The second-order valence-electron chi connectivity index (χ2n) is 4.42. The molecule has 0 saturated carbocycles. The molecule has 0 saturated heterocycles. The van der Waals surface area contributed by atoms with Crippen molar-refractivity contribution in [2.75, 3.05) is 0 Å². The first-order valence-corrected chi connectivity index (χ1v) is 5.73. The molecule has 0 aliphatic heterocycles. The summed E-state index contributed by atoms with van der Waals surface area (Å²) in [5.41, 5.74) is 4.08. The summed E-state index contributed by atoms with van der Waals surface area (Å²) in [5, 5.41) is 21.9. The van der Waals surface area contributed by atoms with E-state index < -0.39 is 5.97 Å². The molecule has 0 unspecified atom stereocenters. The number of carboxylic acids is 1. The summed E-state index contributed by atoms with van der Waals surface area (Å²) in [6.07, 6.45) is 0. The van der Waals surface area contributed by atoms with Crippen LogP contribution in [0.15, 0.2) is 18.2 Å². The molecule has 0 bridgehead atoms. The van der Waals surface area contributed by atoms with Gasteiger partial charge in [-0.2, -0.15) is 10.4 Å². The molecule has 0 radical (unpaired) electrons. The quantitative estimate of drug-likeness (QED) is 0.892. The molecule has 0 fully saturated rings. The number of aromatic carboxylic acids is 1. The van der Waals surface area contributed by atoms with Gasteiger partial charge in [0.25, 0.3) is 0 Å². The summed E-state index contributed by atoms with van der Waals surface area (Å²) in [7, 11) is 1.69. The number of hydrogen-bond acceptors (Lipinski definition) is 3. The van der Waals surface area contributed by atoms with Gasteiger partial charge < -0.3 is 5.11 Å². The van der Waals surface area contributed by atoms with Gasteiger partial charge in [0.15, 0.2) is 5.69 Å². The number of carbonyl (C=O) groups is 1. The first-order chi connectivity index (χ1) is 8.93. The normalized spacial score (nSPS) is 10.2. The predicted octanol–water partition coefficient (Wildman–Crippen LogP) is 2.27. The molecule has 0 spiro atoms. The summed E-state index contributed by atoms with van der Waals surface area (Å²) in [6.45, 7) is 3.87. The van der Waals surface area contributed by atoms with Crippen molar-refractivity contribution in [2.24, 2.45) is 7.05 Å². The molecule has 1 N–H and O–H groups in total. The first kappa shape index (κ1) is 12.8. The number of nitrogens with zero attached hydrogens (tertiary/aromatic N) is 3. The summed E-state index contributed by atoms with van der Waals surface area (Å²) in [6, 6.07) is 7.20. The summed E-state index contributed by atoms with van der Waals surface area (Å²) in [4.78, 5) is 10.9. The molecule has 0 amide bonds. The van der Waals surface area contributed by atoms with Crippen LogP contribution in [-0.2, 0) is 7.05 Å². The lowest BCUT2D eigenvalue weighted by Crippen LogP contribution is -2.00. The molecular formula is C14H13N3O2. The Morgan fingerprint density at radius 3 is 2.58 bits per heavy atom. The fourth-order valence-corrected chi connectivity index (χ4v) is 2.01. The van der Waals surface area contributed by atoms with Crippen LogP contribution in [0.2, 0.25) is 0 Å². The van der Waals surface area contributed by atoms with Crippen LogP contribution < -0.4 is 0 Å². The molecule has 1 aromatic carbocycles. The highest BCUT2D eigenvalue weighted by Crippen LogP contribution is 2.27. The van der Waals surface area contributed by atoms with E-state index >= 15 is 0 Å². The van der Waals surface area contributed by atoms with Crippen LogP contribution in [0.4, 0.5) is 0 Å². The molecule has 5 nitrogen and oxygen atoms in total. The van der Waals surface area contributed by atoms with Gasteiger partial charge in [0.2, 0.25) is 0 Å². The number of nitriles is 1. The number of benzene rings is 1. The number of hydrogen-bond donors (Lipinski definition) is 1. The van der Waals surface area contributed by atoms with E-state index in [2.05, 4.69) is 11.2 Å². The summed E-state index contributed by atoms with van der Waals surface area (Å²) >= 11 is 0. The average Bonchev–Trinajstić information content (AvgIpc) is 2.75. The topological polar surface area (TPSA) is 78.9 Å². The highest BCUT2D eigenvalue weighted by Gasteiger charge is 2.15. The minimum Gasteiger partial charge on any atom is -0.476 e. The molecule has 5 heteroatoms. The number of carboxylic acid groups (broad SMARTS) is 1. The first-order valence-electron chi connectivity index (χ1n) is 5.73. The molecule has 0 aliphatic rings. The molecule has 0 atom stereocenters. The summed E-state index contributed by atoms with van der Waals surface area (Å²) in [5.74, 6) is -1.06. The van der Waals surface area contributed by atoms with Crippen molar-refractivity contribution < 1.29 is 9.90 Å². The fraction of sp³-hybridized carbons (Fsp3) is 0.214. The third-order valence-electron chi connectivity index (χ3n) is 3.17. The van der Waals surface area contributed by atoms with Crippen LogP contribution in [-0.4, -0.2) is 20.9 Å². The van der Waals surface area contributed by atoms with Gasteiger partial charge in [-0.25, -0.2) is 4.79 Å². The predicted molar refractivity (Wildman–Crippen MR) is 69.8 cm³/mol. The Morgan fingerprint density at radius 1 is 1.37 bits per heavy atom. The number of rotatable bonds is 2. The largest absolute Gasteiger partial charge is 0.476 e. The lowest BCUT2D eigenvalue weighted by molar-refractivity contribution is 0.0689. The molecule has 96 valence electrons. The van der Waals surface area contributed by atoms with Crippen molar-refractivity contribution in [2.45, 2.75) is 13.8 Å². The van der Waals surface area contributed by atoms with E-state index in [1.807, 2.05) is 19.9 Å². The van der Waals surface area contributed by atoms with Crippen molar-refractivity contribution in [1.29, 1.82) is 5.26 Å². The average molecular weight is 255 g/mol. The Balaban J connectivity index is 2.68. The van der Waals surface area contributed by atoms with Crippen LogP contribution in [0.3, 0.4) is 0 Å². The highest BCUT2D eigenvalue weighted by atomic mass is 16.4. The van der Waals surface area contributed by atoms with Crippen LogP contribution in [0.5, 0.6) is 0 Å². The van der Waals surface area contributed by atoms with Gasteiger partial charge in [0.1, 0.15) is 0 Å².